The number of H-pyrrole nitrogens is 1. The highest BCUT2D eigenvalue weighted by atomic mass is 16.2. The normalized spacial score (nSPS) is 26.0. The molecule has 0 bridgehead atoms. The van der Waals surface area contributed by atoms with Crippen molar-refractivity contribution in [2.45, 2.75) is 19.3 Å². The van der Waals surface area contributed by atoms with Crippen LogP contribution in [0.1, 0.15) is 29.8 Å². The summed E-state index contributed by atoms with van der Waals surface area (Å²) in [5, 5.41) is 1.12. The highest BCUT2D eigenvalue weighted by molar-refractivity contribution is 5.98. The van der Waals surface area contributed by atoms with Gasteiger partial charge in [-0.25, -0.2) is 0 Å². The molecule has 1 saturated carbocycles. The second-order valence-electron chi connectivity index (χ2n) is 5.93. The number of aromatic nitrogens is 1. The van der Waals surface area contributed by atoms with E-state index >= 15 is 0 Å². The monoisotopic (exact) mass is 254 g/mol. The number of carbonyl (C=O) groups is 1. The molecule has 2 aliphatic rings. The summed E-state index contributed by atoms with van der Waals surface area (Å²) in [7, 11) is 0. The van der Waals surface area contributed by atoms with Crippen molar-refractivity contribution in [2.75, 3.05) is 13.1 Å². The van der Waals surface area contributed by atoms with E-state index in [0.29, 0.717) is 0 Å². The molecule has 19 heavy (non-hydrogen) atoms. The lowest BCUT2D eigenvalue weighted by Gasteiger charge is -2.16. The van der Waals surface area contributed by atoms with Gasteiger partial charge in [-0.1, -0.05) is 24.6 Å². The first-order valence-electron chi connectivity index (χ1n) is 7.18. The van der Waals surface area contributed by atoms with Crippen LogP contribution in [0.25, 0.3) is 10.9 Å². The van der Waals surface area contributed by atoms with E-state index < -0.39 is 0 Å². The second-order valence-corrected chi connectivity index (χ2v) is 5.93. The molecule has 1 aliphatic heterocycles. The van der Waals surface area contributed by atoms with Gasteiger partial charge in [-0.2, -0.15) is 0 Å². The van der Waals surface area contributed by atoms with Crippen molar-refractivity contribution in [3.05, 3.63) is 36.0 Å². The smallest absolute Gasteiger partial charge is 0.270 e. The Morgan fingerprint density at radius 1 is 1.16 bits per heavy atom. The molecular formula is C16H18N2O. The van der Waals surface area contributed by atoms with E-state index in [-0.39, 0.29) is 5.91 Å². The van der Waals surface area contributed by atoms with Crippen molar-refractivity contribution in [3.63, 3.8) is 0 Å². The molecule has 2 heterocycles. The van der Waals surface area contributed by atoms with Gasteiger partial charge in [-0.3, -0.25) is 4.79 Å². The van der Waals surface area contributed by atoms with Gasteiger partial charge in [0, 0.05) is 24.0 Å². The maximum absolute atomic E-state index is 12.5. The van der Waals surface area contributed by atoms with Crippen molar-refractivity contribution < 1.29 is 4.79 Å². The zero-order valence-electron chi connectivity index (χ0n) is 10.9. The number of hydrogen-bond donors (Lipinski definition) is 1. The standard InChI is InChI=1S/C16H18N2O/c19-16(18-9-12-5-3-6-13(12)10-18)15-8-11-4-1-2-7-14(11)17-15/h1-2,4,7-8,12-13,17H,3,5-6,9-10H2/t12-,13+. The molecule has 1 aromatic heterocycles. The van der Waals surface area contributed by atoms with Crippen LogP contribution in [0.5, 0.6) is 0 Å². The largest absolute Gasteiger partial charge is 0.351 e. The van der Waals surface area contributed by atoms with Crippen LogP contribution in [0.15, 0.2) is 30.3 Å². The number of fused-ring (bicyclic) bond motifs is 2. The Morgan fingerprint density at radius 2 is 1.89 bits per heavy atom. The van der Waals surface area contributed by atoms with Gasteiger partial charge in [0.05, 0.1) is 0 Å². The van der Waals surface area contributed by atoms with Gasteiger partial charge in [0.25, 0.3) is 5.91 Å². The summed E-state index contributed by atoms with van der Waals surface area (Å²) < 4.78 is 0. The average molecular weight is 254 g/mol. The Morgan fingerprint density at radius 3 is 2.63 bits per heavy atom. The highest BCUT2D eigenvalue weighted by Gasteiger charge is 2.38. The van der Waals surface area contributed by atoms with Crippen LogP contribution in [0.3, 0.4) is 0 Å². The number of likely N-dealkylation sites (tertiary alicyclic amines) is 1. The predicted molar refractivity (Wildman–Crippen MR) is 75.0 cm³/mol. The summed E-state index contributed by atoms with van der Waals surface area (Å²) in [5.41, 5.74) is 1.78. The van der Waals surface area contributed by atoms with Crippen molar-refractivity contribution in [1.82, 2.24) is 9.88 Å². The molecule has 2 aromatic rings. The van der Waals surface area contributed by atoms with Crippen molar-refractivity contribution in [1.29, 1.82) is 0 Å². The van der Waals surface area contributed by atoms with Gasteiger partial charge in [0.1, 0.15) is 5.69 Å². The fourth-order valence-electron chi connectivity index (χ4n) is 3.76. The molecule has 3 heteroatoms. The average Bonchev–Trinajstić information content (AvgIpc) is 3.10. The summed E-state index contributed by atoms with van der Waals surface area (Å²) in [5.74, 6) is 1.69. The third-order valence-electron chi connectivity index (χ3n) is 4.77. The van der Waals surface area contributed by atoms with Crippen LogP contribution < -0.4 is 0 Å². The van der Waals surface area contributed by atoms with Gasteiger partial charge in [-0.15, -0.1) is 0 Å². The van der Waals surface area contributed by atoms with Crippen LogP contribution in [-0.4, -0.2) is 28.9 Å². The number of amides is 1. The molecule has 0 unspecified atom stereocenters. The van der Waals surface area contributed by atoms with Gasteiger partial charge < -0.3 is 9.88 Å². The molecule has 1 aliphatic carbocycles. The van der Waals surface area contributed by atoms with Gasteiger partial charge >= 0.3 is 0 Å². The van der Waals surface area contributed by atoms with E-state index in [4.69, 9.17) is 0 Å². The Kier molecular flexibility index (Phi) is 2.40. The number of benzene rings is 1. The molecule has 1 aromatic carbocycles. The molecule has 2 atom stereocenters. The fourth-order valence-corrected chi connectivity index (χ4v) is 3.76. The summed E-state index contributed by atoms with van der Waals surface area (Å²) in [6.45, 7) is 1.91. The quantitative estimate of drug-likeness (QED) is 0.834. The third kappa shape index (κ3) is 1.76. The van der Waals surface area contributed by atoms with Gasteiger partial charge in [-0.05, 0) is 36.8 Å². The number of rotatable bonds is 1. The number of aromatic amines is 1. The number of nitrogens with zero attached hydrogens (tertiary/aromatic N) is 1. The van der Waals surface area contributed by atoms with Gasteiger partial charge in [0.2, 0.25) is 0 Å². The number of para-hydroxylation sites is 1. The maximum Gasteiger partial charge on any atom is 0.270 e. The maximum atomic E-state index is 12.5. The van der Waals surface area contributed by atoms with E-state index in [0.717, 1.165) is 41.5 Å². The topological polar surface area (TPSA) is 36.1 Å². The lowest BCUT2D eigenvalue weighted by Crippen LogP contribution is -2.29. The molecular weight excluding hydrogens is 236 g/mol. The SMILES string of the molecule is O=C(c1cc2ccccc2[nH]1)N1C[C@H]2CCC[C@H]2C1. The Bertz CT molecular complexity index is 585. The minimum Gasteiger partial charge on any atom is -0.351 e. The molecule has 0 radical (unpaired) electrons. The predicted octanol–water partition coefficient (Wildman–Crippen LogP) is 3.04. The van der Waals surface area contributed by atoms with E-state index in [1.54, 1.807) is 0 Å². The van der Waals surface area contributed by atoms with E-state index in [9.17, 15) is 4.79 Å². The minimum atomic E-state index is 0.172. The zero-order valence-corrected chi connectivity index (χ0v) is 10.9. The first-order chi connectivity index (χ1) is 9.31. The second kappa shape index (κ2) is 4.12. The molecule has 2 fully saturated rings. The fraction of sp³-hybridized carbons (Fsp3) is 0.438. The summed E-state index contributed by atoms with van der Waals surface area (Å²) >= 11 is 0. The minimum absolute atomic E-state index is 0.172. The number of carbonyl (C=O) groups excluding carboxylic acids is 1. The van der Waals surface area contributed by atoms with E-state index in [2.05, 4.69) is 4.98 Å². The number of hydrogen-bond acceptors (Lipinski definition) is 1. The summed E-state index contributed by atoms with van der Waals surface area (Å²) in [6, 6.07) is 10.0. The van der Waals surface area contributed by atoms with E-state index in [1.807, 2.05) is 35.2 Å². The molecule has 1 saturated heterocycles. The Balaban J connectivity index is 1.60. The van der Waals surface area contributed by atoms with Crippen LogP contribution in [0.4, 0.5) is 0 Å². The van der Waals surface area contributed by atoms with Crippen LogP contribution in [-0.2, 0) is 0 Å². The molecule has 98 valence electrons. The third-order valence-corrected chi connectivity index (χ3v) is 4.77. The van der Waals surface area contributed by atoms with E-state index in [1.165, 1.54) is 19.3 Å². The van der Waals surface area contributed by atoms with Crippen LogP contribution >= 0.6 is 0 Å². The first kappa shape index (κ1) is 11.1. The Labute approximate surface area is 112 Å². The summed E-state index contributed by atoms with van der Waals surface area (Å²) in [6.07, 6.45) is 3.96. The van der Waals surface area contributed by atoms with Gasteiger partial charge in [0.15, 0.2) is 0 Å². The molecule has 3 nitrogen and oxygen atoms in total. The molecule has 0 spiro atoms. The van der Waals surface area contributed by atoms with Crippen molar-refractivity contribution in [3.8, 4) is 0 Å². The van der Waals surface area contributed by atoms with Crippen LogP contribution in [0.2, 0.25) is 0 Å². The zero-order chi connectivity index (χ0) is 12.8. The molecule has 4 rings (SSSR count). The van der Waals surface area contributed by atoms with Crippen molar-refractivity contribution >= 4 is 16.8 Å². The first-order valence-corrected chi connectivity index (χ1v) is 7.18. The molecule has 1 amide bonds. The Hall–Kier alpha value is -1.77. The van der Waals surface area contributed by atoms with Crippen LogP contribution in [0, 0.1) is 11.8 Å². The van der Waals surface area contributed by atoms with Crippen molar-refractivity contribution in [2.24, 2.45) is 11.8 Å². The highest BCUT2D eigenvalue weighted by Crippen LogP contribution is 2.38. The number of nitrogens with one attached hydrogen (secondary N) is 1. The lowest BCUT2D eigenvalue weighted by molar-refractivity contribution is 0.0776. The molecule has 1 N–H and O–H groups in total. The summed E-state index contributed by atoms with van der Waals surface area (Å²) in [4.78, 5) is 17.8. The lowest BCUT2D eigenvalue weighted by atomic mass is 10.0.